The molecule has 0 amide bonds. The summed E-state index contributed by atoms with van der Waals surface area (Å²) in [5.41, 5.74) is 4.08. The maximum atomic E-state index is 12.3. The van der Waals surface area contributed by atoms with Gasteiger partial charge in [0.1, 0.15) is 0 Å². The van der Waals surface area contributed by atoms with Crippen LogP contribution in [0, 0.1) is 13.8 Å². The third kappa shape index (κ3) is 4.55. The molecule has 0 aliphatic heterocycles. The minimum absolute atomic E-state index is 0.176. The Morgan fingerprint density at radius 1 is 1.24 bits per heavy atom. The largest absolute Gasteiger partial charge is 0.362 e. The van der Waals surface area contributed by atoms with E-state index in [4.69, 9.17) is 0 Å². The van der Waals surface area contributed by atoms with Crippen molar-refractivity contribution in [2.45, 2.75) is 20.3 Å². The highest BCUT2D eigenvalue weighted by molar-refractivity contribution is 9.10. The summed E-state index contributed by atoms with van der Waals surface area (Å²) < 4.78 is 1.09. The average molecular weight is 349 g/mol. The number of hydrogen-bond donors (Lipinski definition) is 1. The van der Waals surface area contributed by atoms with E-state index in [1.54, 1.807) is 0 Å². The molecule has 1 heterocycles. The minimum Gasteiger partial charge on any atom is -0.362 e. The molecule has 0 spiro atoms. The Kier molecular flexibility index (Phi) is 5.37. The third-order valence-corrected chi connectivity index (χ3v) is 4.09. The first kappa shape index (κ1) is 16.0. The summed E-state index contributed by atoms with van der Waals surface area (Å²) in [5.74, 6) is 0.176. The number of benzene rings is 1. The zero-order chi connectivity index (χ0) is 15.4. The van der Waals surface area contributed by atoms with E-state index in [9.17, 15) is 4.79 Å². The lowest BCUT2D eigenvalue weighted by molar-refractivity contribution is 0.0946. The number of H-pyrrole nitrogens is 1. The SMILES string of the molecule is Cc1cc(C(=O)CN(C)CCc2ccc(Br)cc2)c(C)[nH]1. The van der Waals surface area contributed by atoms with E-state index in [0.717, 1.165) is 34.4 Å². The Hall–Kier alpha value is -1.39. The van der Waals surface area contributed by atoms with Crippen molar-refractivity contribution in [2.75, 3.05) is 20.1 Å². The number of nitrogens with zero attached hydrogens (tertiary/aromatic N) is 1. The van der Waals surface area contributed by atoms with Crippen molar-refractivity contribution in [3.8, 4) is 0 Å². The lowest BCUT2D eigenvalue weighted by Crippen LogP contribution is -2.28. The van der Waals surface area contributed by atoms with Crippen molar-refractivity contribution in [1.82, 2.24) is 9.88 Å². The van der Waals surface area contributed by atoms with Gasteiger partial charge in [0, 0.05) is 28.0 Å². The molecular formula is C17H21BrN2O. The van der Waals surface area contributed by atoms with E-state index < -0.39 is 0 Å². The number of aromatic nitrogens is 1. The summed E-state index contributed by atoms with van der Waals surface area (Å²) in [6, 6.07) is 10.2. The van der Waals surface area contributed by atoms with Gasteiger partial charge in [0.25, 0.3) is 0 Å². The van der Waals surface area contributed by atoms with Crippen LogP contribution in [0.2, 0.25) is 0 Å². The Morgan fingerprint density at radius 3 is 2.48 bits per heavy atom. The molecule has 0 aliphatic carbocycles. The summed E-state index contributed by atoms with van der Waals surface area (Å²) >= 11 is 3.43. The smallest absolute Gasteiger partial charge is 0.178 e. The maximum Gasteiger partial charge on any atom is 0.178 e. The fourth-order valence-electron chi connectivity index (χ4n) is 2.39. The van der Waals surface area contributed by atoms with E-state index in [1.165, 1.54) is 5.56 Å². The minimum atomic E-state index is 0.176. The number of halogens is 1. The highest BCUT2D eigenvalue weighted by atomic mass is 79.9. The van der Waals surface area contributed by atoms with E-state index in [2.05, 4.69) is 37.9 Å². The lowest BCUT2D eigenvalue weighted by atomic mass is 10.1. The molecule has 1 aromatic heterocycles. The number of hydrogen-bond acceptors (Lipinski definition) is 2. The molecule has 3 nitrogen and oxygen atoms in total. The molecule has 1 N–H and O–H groups in total. The van der Waals surface area contributed by atoms with E-state index in [0.29, 0.717) is 6.54 Å². The summed E-state index contributed by atoms with van der Waals surface area (Å²) in [4.78, 5) is 17.5. The second kappa shape index (κ2) is 7.05. The highest BCUT2D eigenvalue weighted by Crippen LogP contribution is 2.12. The van der Waals surface area contributed by atoms with Crippen molar-refractivity contribution in [2.24, 2.45) is 0 Å². The maximum absolute atomic E-state index is 12.3. The van der Waals surface area contributed by atoms with Gasteiger partial charge in [-0.3, -0.25) is 9.69 Å². The monoisotopic (exact) mass is 348 g/mol. The van der Waals surface area contributed by atoms with Crippen molar-refractivity contribution in [3.63, 3.8) is 0 Å². The Bertz CT molecular complexity index is 616. The number of carbonyl (C=O) groups excluding carboxylic acids is 1. The van der Waals surface area contributed by atoms with Gasteiger partial charge in [-0.05, 0) is 51.1 Å². The number of carbonyl (C=O) groups is 1. The normalized spacial score (nSPS) is 11.1. The van der Waals surface area contributed by atoms with Gasteiger partial charge in [-0.1, -0.05) is 28.1 Å². The first-order valence-electron chi connectivity index (χ1n) is 7.08. The van der Waals surface area contributed by atoms with Crippen LogP contribution in [0.4, 0.5) is 0 Å². The molecule has 0 aliphatic rings. The topological polar surface area (TPSA) is 36.1 Å². The number of aryl methyl sites for hydroxylation is 2. The van der Waals surface area contributed by atoms with E-state index >= 15 is 0 Å². The third-order valence-electron chi connectivity index (χ3n) is 3.56. The van der Waals surface area contributed by atoms with Crippen molar-refractivity contribution >= 4 is 21.7 Å². The quantitative estimate of drug-likeness (QED) is 0.807. The van der Waals surface area contributed by atoms with Crippen LogP contribution in [0.1, 0.15) is 27.3 Å². The number of ketones is 1. The Morgan fingerprint density at radius 2 is 1.90 bits per heavy atom. The fourth-order valence-corrected chi connectivity index (χ4v) is 2.66. The molecule has 2 rings (SSSR count). The van der Waals surface area contributed by atoms with Crippen LogP contribution in [0.5, 0.6) is 0 Å². The zero-order valence-electron chi connectivity index (χ0n) is 12.7. The average Bonchev–Trinajstić information content (AvgIpc) is 2.77. The number of rotatable bonds is 6. The standard InChI is InChI=1S/C17H21BrN2O/c1-12-10-16(13(2)19-12)17(21)11-20(3)9-8-14-4-6-15(18)7-5-14/h4-7,10,19H,8-9,11H2,1-3H3. The number of Topliss-reactive ketones (excluding diaryl/α,β-unsaturated/α-hetero) is 1. The predicted octanol–water partition coefficient (Wildman–Crippen LogP) is 3.75. The molecule has 4 heteroatoms. The van der Waals surface area contributed by atoms with Crippen LogP contribution in [0.15, 0.2) is 34.8 Å². The molecule has 0 saturated heterocycles. The molecular weight excluding hydrogens is 328 g/mol. The van der Waals surface area contributed by atoms with Crippen molar-refractivity contribution in [1.29, 1.82) is 0 Å². The van der Waals surface area contributed by atoms with Crippen LogP contribution >= 0.6 is 15.9 Å². The van der Waals surface area contributed by atoms with Crippen molar-refractivity contribution in [3.05, 3.63) is 57.3 Å². The van der Waals surface area contributed by atoms with Crippen LogP contribution in [0.3, 0.4) is 0 Å². The molecule has 112 valence electrons. The summed E-state index contributed by atoms with van der Waals surface area (Å²) in [6.45, 7) is 5.24. The number of likely N-dealkylation sites (N-methyl/N-ethyl adjacent to an activating group) is 1. The van der Waals surface area contributed by atoms with Gasteiger partial charge < -0.3 is 4.98 Å². The zero-order valence-corrected chi connectivity index (χ0v) is 14.3. The first-order chi connectivity index (χ1) is 9.95. The van der Waals surface area contributed by atoms with Gasteiger partial charge in [-0.2, -0.15) is 0 Å². The highest BCUT2D eigenvalue weighted by Gasteiger charge is 2.13. The van der Waals surface area contributed by atoms with Gasteiger partial charge in [0.05, 0.1) is 6.54 Å². The molecule has 21 heavy (non-hydrogen) atoms. The van der Waals surface area contributed by atoms with Crippen LogP contribution in [-0.4, -0.2) is 35.8 Å². The van der Waals surface area contributed by atoms with Gasteiger partial charge in [-0.15, -0.1) is 0 Å². The Labute approximate surface area is 134 Å². The predicted molar refractivity (Wildman–Crippen MR) is 89.9 cm³/mol. The molecule has 0 bridgehead atoms. The second-order valence-corrected chi connectivity index (χ2v) is 6.44. The number of aromatic amines is 1. The van der Waals surface area contributed by atoms with Gasteiger partial charge in [0.2, 0.25) is 0 Å². The van der Waals surface area contributed by atoms with Gasteiger partial charge in [-0.25, -0.2) is 0 Å². The molecule has 0 unspecified atom stereocenters. The molecule has 0 saturated carbocycles. The van der Waals surface area contributed by atoms with Crippen LogP contribution < -0.4 is 0 Å². The van der Waals surface area contributed by atoms with Crippen LogP contribution in [0.25, 0.3) is 0 Å². The first-order valence-corrected chi connectivity index (χ1v) is 7.87. The van der Waals surface area contributed by atoms with Gasteiger partial charge >= 0.3 is 0 Å². The Balaban J connectivity index is 1.86. The second-order valence-electron chi connectivity index (χ2n) is 5.53. The molecule has 1 aromatic carbocycles. The molecule has 0 radical (unpaired) electrons. The van der Waals surface area contributed by atoms with E-state index in [-0.39, 0.29) is 5.78 Å². The number of nitrogens with one attached hydrogen (secondary N) is 1. The molecule has 0 fully saturated rings. The summed E-state index contributed by atoms with van der Waals surface area (Å²) in [7, 11) is 1.99. The van der Waals surface area contributed by atoms with E-state index in [1.807, 2.05) is 39.1 Å². The summed E-state index contributed by atoms with van der Waals surface area (Å²) in [6.07, 6.45) is 0.947. The van der Waals surface area contributed by atoms with Gasteiger partial charge in [0.15, 0.2) is 5.78 Å². The summed E-state index contributed by atoms with van der Waals surface area (Å²) in [5, 5.41) is 0. The van der Waals surface area contributed by atoms with Crippen molar-refractivity contribution < 1.29 is 4.79 Å². The fraction of sp³-hybridized carbons (Fsp3) is 0.353. The molecule has 2 aromatic rings. The lowest BCUT2D eigenvalue weighted by Gasteiger charge is -2.15. The van der Waals surface area contributed by atoms with Crippen LogP contribution in [-0.2, 0) is 6.42 Å². The molecule has 0 atom stereocenters.